The zero-order valence-electron chi connectivity index (χ0n) is 23.6. The Morgan fingerprint density at radius 2 is 0.886 bits per heavy atom. The van der Waals surface area contributed by atoms with Gasteiger partial charge in [0.1, 0.15) is 0 Å². The standard InChI is InChI=1S/C36H26Cl2N4O2/c37-29-13-5-1-11-25(29)33-21-27(23-9-3-7-15-31(23)39-33)35(43)41-17-19-42(20-18-41)36(44)28-22-34(26-12-2-6-14-30(26)38)40-32-16-8-4-10-24(28)32/h1-16,21-22H,17-20H2. The summed E-state index contributed by atoms with van der Waals surface area (Å²) in [4.78, 5) is 41.2. The quantitative estimate of drug-likeness (QED) is 0.201. The van der Waals surface area contributed by atoms with Gasteiger partial charge in [0, 0.05) is 58.1 Å². The molecule has 7 rings (SSSR count). The Morgan fingerprint density at radius 1 is 0.523 bits per heavy atom. The summed E-state index contributed by atoms with van der Waals surface area (Å²) < 4.78 is 0. The highest BCUT2D eigenvalue weighted by Crippen LogP contribution is 2.32. The van der Waals surface area contributed by atoms with E-state index in [0.29, 0.717) is 58.7 Å². The molecular weight excluding hydrogens is 591 g/mol. The zero-order valence-corrected chi connectivity index (χ0v) is 25.1. The van der Waals surface area contributed by atoms with Crippen molar-refractivity contribution < 1.29 is 9.59 Å². The predicted molar refractivity (Wildman–Crippen MR) is 176 cm³/mol. The third kappa shape index (κ3) is 5.17. The number of hydrogen-bond acceptors (Lipinski definition) is 4. The normalized spacial score (nSPS) is 13.4. The lowest BCUT2D eigenvalue weighted by atomic mass is 10.0. The van der Waals surface area contributed by atoms with E-state index in [0.717, 1.165) is 32.9 Å². The minimum Gasteiger partial charge on any atom is -0.335 e. The van der Waals surface area contributed by atoms with Crippen LogP contribution in [0.15, 0.2) is 109 Å². The molecule has 6 aromatic rings. The van der Waals surface area contributed by atoms with Gasteiger partial charge in [0.15, 0.2) is 0 Å². The van der Waals surface area contributed by atoms with E-state index in [-0.39, 0.29) is 11.8 Å². The van der Waals surface area contributed by atoms with Gasteiger partial charge < -0.3 is 9.80 Å². The van der Waals surface area contributed by atoms with Gasteiger partial charge in [0.05, 0.1) is 33.5 Å². The number of nitrogens with zero attached hydrogens (tertiary/aromatic N) is 4. The number of amides is 2. The number of pyridine rings is 2. The van der Waals surface area contributed by atoms with Crippen LogP contribution in [0.3, 0.4) is 0 Å². The first-order valence-electron chi connectivity index (χ1n) is 14.4. The average Bonchev–Trinajstić information content (AvgIpc) is 3.07. The number of piperazine rings is 1. The Morgan fingerprint density at radius 3 is 1.30 bits per heavy atom. The lowest BCUT2D eigenvalue weighted by Gasteiger charge is -2.35. The number of hydrogen-bond donors (Lipinski definition) is 0. The van der Waals surface area contributed by atoms with Gasteiger partial charge in [-0.25, -0.2) is 9.97 Å². The Bertz CT molecular complexity index is 1920. The number of halogens is 2. The van der Waals surface area contributed by atoms with Gasteiger partial charge in [-0.05, 0) is 36.4 Å². The molecule has 0 atom stereocenters. The summed E-state index contributed by atoms with van der Waals surface area (Å²) in [6, 6.07) is 33.9. The molecule has 2 aromatic heterocycles. The van der Waals surface area contributed by atoms with Crippen LogP contribution >= 0.6 is 23.2 Å². The van der Waals surface area contributed by atoms with Crippen molar-refractivity contribution in [2.24, 2.45) is 0 Å². The summed E-state index contributed by atoms with van der Waals surface area (Å²) in [5.74, 6) is -0.196. The predicted octanol–water partition coefficient (Wildman–Crippen LogP) is 8.02. The van der Waals surface area contributed by atoms with Crippen molar-refractivity contribution in [3.05, 3.63) is 130 Å². The highest BCUT2D eigenvalue weighted by molar-refractivity contribution is 6.33. The molecule has 3 heterocycles. The third-order valence-corrected chi connectivity index (χ3v) is 8.71. The van der Waals surface area contributed by atoms with Crippen molar-refractivity contribution in [2.75, 3.05) is 26.2 Å². The summed E-state index contributed by atoms with van der Waals surface area (Å²) in [7, 11) is 0. The molecule has 1 fully saturated rings. The number of benzene rings is 4. The molecule has 0 aliphatic carbocycles. The van der Waals surface area contributed by atoms with Crippen LogP contribution < -0.4 is 0 Å². The first-order chi connectivity index (χ1) is 21.5. The maximum Gasteiger partial charge on any atom is 0.254 e. The SMILES string of the molecule is O=C(c1cc(-c2ccccc2Cl)nc2ccccc12)N1CCN(C(=O)c2cc(-c3ccccc3Cl)nc3ccccc23)CC1. The largest absolute Gasteiger partial charge is 0.335 e. The number of fused-ring (bicyclic) bond motifs is 2. The van der Waals surface area contributed by atoms with Gasteiger partial charge in [0.25, 0.3) is 11.8 Å². The second kappa shape index (κ2) is 11.7. The molecule has 44 heavy (non-hydrogen) atoms. The molecule has 8 heteroatoms. The molecule has 0 bridgehead atoms. The molecule has 0 N–H and O–H groups in total. The molecule has 1 aliphatic rings. The molecule has 0 unspecified atom stereocenters. The molecule has 1 aliphatic heterocycles. The lowest BCUT2D eigenvalue weighted by molar-refractivity contribution is 0.0537. The monoisotopic (exact) mass is 616 g/mol. The van der Waals surface area contributed by atoms with E-state index in [1.807, 2.05) is 119 Å². The van der Waals surface area contributed by atoms with E-state index >= 15 is 0 Å². The van der Waals surface area contributed by atoms with Gasteiger partial charge >= 0.3 is 0 Å². The first-order valence-corrected chi connectivity index (χ1v) is 15.1. The van der Waals surface area contributed by atoms with Crippen molar-refractivity contribution in [1.82, 2.24) is 19.8 Å². The van der Waals surface area contributed by atoms with Crippen molar-refractivity contribution in [2.45, 2.75) is 0 Å². The summed E-state index contributed by atoms with van der Waals surface area (Å²) in [6.45, 7) is 1.62. The Balaban J connectivity index is 1.17. The van der Waals surface area contributed by atoms with Crippen molar-refractivity contribution in [3.8, 4) is 22.5 Å². The van der Waals surface area contributed by atoms with Crippen molar-refractivity contribution >= 4 is 56.8 Å². The van der Waals surface area contributed by atoms with Crippen LogP contribution in [0.25, 0.3) is 44.3 Å². The van der Waals surface area contributed by atoms with Crippen LogP contribution in [0.1, 0.15) is 20.7 Å². The van der Waals surface area contributed by atoms with Gasteiger partial charge in [-0.2, -0.15) is 0 Å². The molecule has 6 nitrogen and oxygen atoms in total. The highest BCUT2D eigenvalue weighted by atomic mass is 35.5. The van der Waals surface area contributed by atoms with E-state index in [1.165, 1.54) is 0 Å². The number of carbonyl (C=O) groups is 2. The van der Waals surface area contributed by atoms with Crippen LogP contribution in [0.5, 0.6) is 0 Å². The fourth-order valence-corrected chi connectivity index (χ4v) is 6.24. The molecular formula is C36H26Cl2N4O2. The minimum absolute atomic E-state index is 0.0978. The average molecular weight is 618 g/mol. The number of para-hydroxylation sites is 2. The number of carbonyl (C=O) groups excluding carboxylic acids is 2. The topological polar surface area (TPSA) is 66.4 Å². The third-order valence-electron chi connectivity index (χ3n) is 8.05. The van der Waals surface area contributed by atoms with E-state index < -0.39 is 0 Å². The smallest absolute Gasteiger partial charge is 0.254 e. The van der Waals surface area contributed by atoms with Crippen molar-refractivity contribution in [1.29, 1.82) is 0 Å². The van der Waals surface area contributed by atoms with E-state index in [2.05, 4.69) is 0 Å². The maximum atomic E-state index is 14.0. The molecule has 2 amide bonds. The van der Waals surface area contributed by atoms with E-state index in [4.69, 9.17) is 33.2 Å². The fourth-order valence-electron chi connectivity index (χ4n) is 5.77. The zero-order chi connectivity index (χ0) is 30.2. The van der Waals surface area contributed by atoms with Gasteiger partial charge in [0.2, 0.25) is 0 Å². The lowest BCUT2D eigenvalue weighted by Crippen LogP contribution is -2.50. The Labute approximate surface area is 264 Å². The second-order valence-corrected chi connectivity index (χ2v) is 11.5. The molecule has 0 saturated carbocycles. The Kier molecular flexibility index (Phi) is 7.46. The van der Waals surface area contributed by atoms with E-state index in [9.17, 15) is 9.59 Å². The van der Waals surface area contributed by atoms with Gasteiger partial charge in [-0.3, -0.25) is 9.59 Å². The fraction of sp³-hybridized carbons (Fsp3) is 0.111. The van der Waals surface area contributed by atoms with Crippen LogP contribution in [-0.4, -0.2) is 57.8 Å². The maximum absolute atomic E-state index is 14.0. The molecule has 0 radical (unpaired) electrons. The molecule has 1 saturated heterocycles. The highest BCUT2D eigenvalue weighted by Gasteiger charge is 2.28. The van der Waals surface area contributed by atoms with Gasteiger partial charge in [-0.1, -0.05) is 96.0 Å². The number of aromatic nitrogens is 2. The van der Waals surface area contributed by atoms with Gasteiger partial charge in [-0.15, -0.1) is 0 Å². The Hall–Kier alpha value is -4.78. The first kappa shape index (κ1) is 28.0. The summed E-state index contributed by atoms with van der Waals surface area (Å²) in [5.41, 5.74) is 5.40. The van der Waals surface area contributed by atoms with Crippen LogP contribution in [0, 0.1) is 0 Å². The van der Waals surface area contributed by atoms with Crippen LogP contribution in [-0.2, 0) is 0 Å². The molecule has 4 aromatic carbocycles. The summed E-state index contributed by atoms with van der Waals surface area (Å²) >= 11 is 13.0. The van der Waals surface area contributed by atoms with E-state index in [1.54, 1.807) is 0 Å². The van der Waals surface area contributed by atoms with Crippen LogP contribution in [0.4, 0.5) is 0 Å². The second-order valence-electron chi connectivity index (χ2n) is 10.7. The summed E-state index contributed by atoms with van der Waals surface area (Å²) in [5, 5.41) is 2.70. The van der Waals surface area contributed by atoms with Crippen molar-refractivity contribution in [3.63, 3.8) is 0 Å². The minimum atomic E-state index is -0.0978. The van der Waals surface area contributed by atoms with Crippen LogP contribution in [0.2, 0.25) is 10.0 Å². The summed E-state index contributed by atoms with van der Waals surface area (Å²) in [6.07, 6.45) is 0. The number of rotatable bonds is 4. The molecule has 216 valence electrons. The molecule has 0 spiro atoms.